The number of hydrogen-bond acceptors (Lipinski definition) is 3. The molecule has 0 aliphatic heterocycles. The third-order valence-corrected chi connectivity index (χ3v) is 2.60. The second-order valence-electron chi connectivity index (χ2n) is 4.13. The Bertz CT molecular complexity index is 597. The molecule has 0 saturated heterocycles. The van der Waals surface area contributed by atoms with Crippen molar-refractivity contribution in [3.63, 3.8) is 0 Å². The highest BCUT2D eigenvalue weighted by Crippen LogP contribution is 2.22. The number of benzene rings is 2. The van der Waals surface area contributed by atoms with Crippen molar-refractivity contribution in [2.24, 2.45) is 5.73 Å². The number of nitrogens with two attached hydrogens (primary N) is 1. The largest absolute Gasteiger partial charge is 0.457 e. The molecule has 1 amide bonds. The third-order valence-electron chi connectivity index (χ3n) is 2.45. The highest BCUT2D eigenvalue weighted by Gasteiger charge is 2.04. The van der Waals surface area contributed by atoms with Crippen LogP contribution in [0.1, 0.15) is 6.42 Å². The van der Waals surface area contributed by atoms with Crippen molar-refractivity contribution in [2.75, 3.05) is 5.32 Å². The maximum atomic E-state index is 11.5. The number of ether oxygens (including phenoxy) is 1. The molecular weight excluding hydrogens is 272 g/mol. The Labute approximate surface area is 122 Å². The van der Waals surface area contributed by atoms with Gasteiger partial charge in [-0.15, -0.1) is 0 Å². The van der Waals surface area contributed by atoms with Crippen molar-refractivity contribution < 1.29 is 9.53 Å². The Morgan fingerprint density at radius 2 is 1.65 bits per heavy atom. The van der Waals surface area contributed by atoms with Gasteiger partial charge in [-0.3, -0.25) is 4.79 Å². The van der Waals surface area contributed by atoms with Gasteiger partial charge >= 0.3 is 0 Å². The van der Waals surface area contributed by atoms with Crippen LogP contribution in [0.3, 0.4) is 0 Å². The van der Waals surface area contributed by atoms with Crippen LogP contribution in [0.4, 0.5) is 5.69 Å². The quantitative estimate of drug-likeness (QED) is 0.829. The average molecular weight is 286 g/mol. The van der Waals surface area contributed by atoms with E-state index in [2.05, 4.69) is 17.5 Å². The van der Waals surface area contributed by atoms with Crippen molar-refractivity contribution in [1.82, 2.24) is 0 Å². The fourth-order valence-electron chi connectivity index (χ4n) is 1.59. The maximum absolute atomic E-state index is 11.5. The Morgan fingerprint density at radius 1 is 1.05 bits per heavy atom. The smallest absolute Gasteiger partial charge is 0.231 e. The van der Waals surface area contributed by atoms with Crippen LogP contribution in [0.5, 0.6) is 11.5 Å². The molecule has 4 nitrogen and oxygen atoms in total. The van der Waals surface area contributed by atoms with Gasteiger partial charge in [0.25, 0.3) is 0 Å². The molecule has 5 heteroatoms. The summed E-state index contributed by atoms with van der Waals surface area (Å²) in [5.41, 5.74) is 5.98. The molecule has 0 saturated carbocycles. The lowest BCUT2D eigenvalue weighted by Gasteiger charge is -2.07. The average Bonchev–Trinajstić information content (AvgIpc) is 2.41. The molecule has 0 aromatic heterocycles. The monoisotopic (exact) mass is 286 g/mol. The van der Waals surface area contributed by atoms with Gasteiger partial charge in [-0.1, -0.05) is 30.4 Å². The van der Waals surface area contributed by atoms with E-state index in [0.717, 1.165) is 5.75 Å². The summed E-state index contributed by atoms with van der Waals surface area (Å²) in [4.78, 5) is 11.7. The Hall–Kier alpha value is -2.40. The third kappa shape index (κ3) is 4.37. The Balaban J connectivity index is 1.96. The minimum atomic E-state index is -0.228. The summed E-state index contributed by atoms with van der Waals surface area (Å²) in [5, 5.41) is 2.70. The van der Waals surface area contributed by atoms with Gasteiger partial charge < -0.3 is 15.8 Å². The van der Waals surface area contributed by atoms with Crippen LogP contribution in [-0.4, -0.2) is 10.9 Å². The van der Waals surface area contributed by atoms with Crippen LogP contribution in [0.2, 0.25) is 0 Å². The highest BCUT2D eigenvalue weighted by molar-refractivity contribution is 7.80. The molecular formula is C15H14N2O2S. The standard InChI is InChI=1S/C15H14N2O2S/c16-14(20)10-15(18)17-11-6-8-13(9-7-11)19-12-4-2-1-3-5-12/h1-9H,10H2,(H2,16,20)(H,17,18). The molecule has 2 aromatic carbocycles. The van der Waals surface area contributed by atoms with Gasteiger partial charge in [-0.05, 0) is 36.4 Å². The second-order valence-corrected chi connectivity index (χ2v) is 4.66. The lowest BCUT2D eigenvalue weighted by atomic mass is 10.3. The summed E-state index contributed by atoms with van der Waals surface area (Å²) >= 11 is 4.68. The summed E-state index contributed by atoms with van der Waals surface area (Å²) < 4.78 is 5.65. The number of nitrogens with one attached hydrogen (secondary N) is 1. The number of rotatable bonds is 5. The SMILES string of the molecule is NC(=S)CC(=O)Nc1ccc(Oc2ccccc2)cc1. The van der Waals surface area contributed by atoms with Crippen molar-refractivity contribution in [3.8, 4) is 11.5 Å². The fourth-order valence-corrected chi connectivity index (χ4v) is 1.73. The first-order chi connectivity index (χ1) is 9.63. The molecule has 102 valence electrons. The van der Waals surface area contributed by atoms with Gasteiger partial charge in [-0.2, -0.15) is 0 Å². The number of carbonyl (C=O) groups is 1. The first-order valence-electron chi connectivity index (χ1n) is 6.04. The number of amides is 1. The molecule has 0 fully saturated rings. The zero-order valence-corrected chi connectivity index (χ0v) is 11.5. The van der Waals surface area contributed by atoms with E-state index in [0.29, 0.717) is 11.4 Å². The van der Waals surface area contributed by atoms with Crippen LogP contribution in [0.15, 0.2) is 54.6 Å². The van der Waals surface area contributed by atoms with Gasteiger partial charge in [0.05, 0.1) is 11.4 Å². The summed E-state index contributed by atoms with van der Waals surface area (Å²) in [6.07, 6.45) is 0.0393. The molecule has 0 aliphatic rings. The van der Waals surface area contributed by atoms with E-state index in [1.165, 1.54) is 0 Å². The molecule has 3 N–H and O–H groups in total. The van der Waals surface area contributed by atoms with Crippen LogP contribution in [0.25, 0.3) is 0 Å². The van der Waals surface area contributed by atoms with Gasteiger partial charge in [0.15, 0.2) is 0 Å². The minimum absolute atomic E-state index is 0.0393. The van der Waals surface area contributed by atoms with Crippen molar-refractivity contribution in [2.45, 2.75) is 6.42 Å². The molecule has 0 atom stereocenters. The van der Waals surface area contributed by atoms with Crippen LogP contribution < -0.4 is 15.8 Å². The zero-order valence-electron chi connectivity index (χ0n) is 10.7. The number of para-hydroxylation sites is 1. The van der Waals surface area contributed by atoms with Crippen LogP contribution in [0, 0.1) is 0 Å². The van der Waals surface area contributed by atoms with Gasteiger partial charge in [0, 0.05) is 5.69 Å². The van der Waals surface area contributed by atoms with Gasteiger partial charge in [0.2, 0.25) is 5.91 Å². The lowest BCUT2D eigenvalue weighted by molar-refractivity contribution is -0.115. The fraction of sp³-hybridized carbons (Fsp3) is 0.0667. The molecule has 0 radical (unpaired) electrons. The van der Waals surface area contributed by atoms with E-state index >= 15 is 0 Å². The second kappa shape index (κ2) is 6.68. The number of thiocarbonyl (C=S) groups is 1. The van der Waals surface area contributed by atoms with Crippen molar-refractivity contribution in [3.05, 3.63) is 54.6 Å². The summed E-state index contributed by atoms with van der Waals surface area (Å²) in [7, 11) is 0. The molecule has 0 unspecified atom stereocenters. The normalized spacial score (nSPS) is 9.80. The number of hydrogen-bond donors (Lipinski definition) is 2. The van der Waals surface area contributed by atoms with E-state index in [1.54, 1.807) is 24.3 Å². The molecule has 0 spiro atoms. The van der Waals surface area contributed by atoms with E-state index < -0.39 is 0 Å². The molecule has 20 heavy (non-hydrogen) atoms. The highest BCUT2D eigenvalue weighted by atomic mass is 32.1. The summed E-state index contributed by atoms with van der Waals surface area (Å²) in [5.74, 6) is 1.23. The minimum Gasteiger partial charge on any atom is -0.457 e. The first-order valence-corrected chi connectivity index (χ1v) is 6.45. The topological polar surface area (TPSA) is 64.4 Å². The van der Waals surface area contributed by atoms with E-state index in [9.17, 15) is 4.79 Å². The van der Waals surface area contributed by atoms with Crippen LogP contribution in [-0.2, 0) is 4.79 Å². The molecule has 2 rings (SSSR count). The Kier molecular flexibility index (Phi) is 4.68. The molecule has 0 aliphatic carbocycles. The molecule has 0 bridgehead atoms. The van der Waals surface area contributed by atoms with Gasteiger partial charge in [-0.25, -0.2) is 0 Å². The van der Waals surface area contributed by atoms with E-state index in [1.807, 2.05) is 30.3 Å². The summed E-state index contributed by atoms with van der Waals surface area (Å²) in [6, 6.07) is 16.6. The van der Waals surface area contributed by atoms with E-state index in [4.69, 9.17) is 10.5 Å². The number of carbonyl (C=O) groups excluding carboxylic acids is 1. The lowest BCUT2D eigenvalue weighted by Crippen LogP contribution is -2.20. The maximum Gasteiger partial charge on any atom is 0.231 e. The predicted octanol–water partition coefficient (Wildman–Crippen LogP) is 3.09. The molecule has 2 aromatic rings. The van der Waals surface area contributed by atoms with E-state index in [-0.39, 0.29) is 17.3 Å². The summed E-state index contributed by atoms with van der Waals surface area (Å²) in [6.45, 7) is 0. The van der Waals surface area contributed by atoms with Crippen molar-refractivity contribution >= 4 is 28.8 Å². The van der Waals surface area contributed by atoms with Gasteiger partial charge in [0.1, 0.15) is 11.5 Å². The Morgan fingerprint density at radius 3 is 2.25 bits per heavy atom. The zero-order chi connectivity index (χ0) is 14.4. The molecule has 0 heterocycles. The van der Waals surface area contributed by atoms with Crippen molar-refractivity contribution in [1.29, 1.82) is 0 Å². The first kappa shape index (κ1) is 14.0. The van der Waals surface area contributed by atoms with Crippen LogP contribution >= 0.6 is 12.2 Å². The predicted molar refractivity (Wildman–Crippen MR) is 83.0 cm³/mol. The number of anilines is 1.